The second-order valence-corrected chi connectivity index (χ2v) is 8.24. The van der Waals surface area contributed by atoms with Gasteiger partial charge < -0.3 is 9.15 Å². The molecule has 6 heteroatoms. The van der Waals surface area contributed by atoms with Crippen molar-refractivity contribution in [3.63, 3.8) is 0 Å². The summed E-state index contributed by atoms with van der Waals surface area (Å²) in [5.41, 5.74) is 4.04. The highest BCUT2D eigenvalue weighted by Gasteiger charge is 2.33. The van der Waals surface area contributed by atoms with Crippen molar-refractivity contribution in [2.45, 2.75) is 13.0 Å². The molecular weight excluding hydrogens is 407 g/mol. The lowest BCUT2D eigenvalue weighted by Gasteiger charge is -2.37. The van der Waals surface area contributed by atoms with Crippen molar-refractivity contribution in [1.82, 2.24) is 9.88 Å². The summed E-state index contributed by atoms with van der Waals surface area (Å²) in [7, 11) is 1.40. The molecule has 162 valence electrons. The Kier molecular flexibility index (Phi) is 5.45. The predicted molar refractivity (Wildman–Crippen MR) is 119 cm³/mol. The smallest absolute Gasteiger partial charge is 0.311 e. The van der Waals surface area contributed by atoms with Crippen LogP contribution in [0.25, 0.3) is 22.4 Å². The number of furan rings is 1. The zero-order valence-corrected chi connectivity index (χ0v) is 17.8. The normalized spacial score (nSPS) is 14.4. The first-order valence-electron chi connectivity index (χ1n) is 10.6. The molecule has 1 aliphatic rings. The van der Waals surface area contributed by atoms with Crippen LogP contribution in [0.1, 0.15) is 16.7 Å². The number of likely N-dealkylation sites (tertiary alicyclic amines) is 1. The summed E-state index contributed by atoms with van der Waals surface area (Å²) in [4.78, 5) is 18.0. The van der Waals surface area contributed by atoms with E-state index in [4.69, 9.17) is 9.15 Å². The Bertz CT molecular complexity index is 1260. The van der Waals surface area contributed by atoms with Crippen molar-refractivity contribution in [2.24, 2.45) is 5.92 Å². The molecule has 0 atom stereocenters. The van der Waals surface area contributed by atoms with Gasteiger partial charge in [0.05, 0.1) is 18.6 Å². The monoisotopic (exact) mass is 430 g/mol. The number of carbonyl (C=O) groups is 1. The van der Waals surface area contributed by atoms with Crippen LogP contribution in [-0.4, -0.2) is 36.1 Å². The Morgan fingerprint density at radius 2 is 1.91 bits per heavy atom. The molecule has 0 aliphatic carbocycles. The third-order valence-corrected chi connectivity index (χ3v) is 5.88. The summed E-state index contributed by atoms with van der Waals surface area (Å²) in [5, 5.41) is 0.853. The predicted octanol–water partition coefficient (Wildman–Crippen LogP) is 4.83. The SMILES string of the molecule is COC(=O)C1CN(Cc2ccc(-c3cc4cc(Cc5ccccc5)cnc4o3)c(F)c2)C1. The minimum Gasteiger partial charge on any atom is -0.469 e. The fourth-order valence-electron chi connectivity index (χ4n) is 4.17. The number of aromatic nitrogens is 1. The minimum atomic E-state index is -0.337. The van der Waals surface area contributed by atoms with Crippen LogP contribution in [0.15, 0.2) is 71.3 Å². The van der Waals surface area contributed by atoms with Crippen molar-refractivity contribution in [2.75, 3.05) is 20.2 Å². The standard InChI is InChI=1S/C26H23FN2O3/c1-31-26(30)21-15-29(16-21)14-18-7-8-22(23(27)11-18)24-12-20-10-19(13-28-25(20)32-24)9-17-5-3-2-4-6-17/h2-8,10-13,21H,9,14-16H2,1H3. The maximum Gasteiger partial charge on any atom is 0.311 e. The van der Waals surface area contributed by atoms with Gasteiger partial charge in [-0.1, -0.05) is 36.4 Å². The summed E-state index contributed by atoms with van der Waals surface area (Å²) in [6.45, 7) is 1.86. The van der Waals surface area contributed by atoms with E-state index in [0.717, 1.165) is 22.9 Å². The number of halogens is 1. The number of nitrogens with zero attached hydrogens (tertiary/aromatic N) is 2. The van der Waals surface area contributed by atoms with Gasteiger partial charge in [-0.3, -0.25) is 9.69 Å². The highest BCUT2D eigenvalue weighted by atomic mass is 19.1. The van der Waals surface area contributed by atoms with E-state index in [2.05, 4.69) is 22.0 Å². The first-order valence-corrected chi connectivity index (χ1v) is 10.6. The molecule has 0 saturated carbocycles. The molecule has 1 aliphatic heterocycles. The van der Waals surface area contributed by atoms with Crippen LogP contribution >= 0.6 is 0 Å². The molecule has 5 nitrogen and oxygen atoms in total. The molecule has 2 aromatic carbocycles. The first-order chi connectivity index (χ1) is 15.6. The molecule has 0 radical (unpaired) electrons. The molecular formula is C26H23FN2O3. The van der Waals surface area contributed by atoms with Crippen molar-refractivity contribution in [1.29, 1.82) is 0 Å². The molecule has 3 heterocycles. The van der Waals surface area contributed by atoms with Gasteiger partial charge in [-0.05, 0) is 47.4 Å². The van der Waals surface area contributed by atoms with Gasteiger partial charge in [-0.25, -0.2) is 9.37 Å². The Hall–Kier alpha value is -3.51. The Labute approximate surface area is 185 Å². The highest BCUT2D eigenvalue weighted by molar-refractivity contribution is 5.80. The van der Waals surface area contributed by atoms with E-state index in [9.17, 15) is 9.18 Å². The average molecular weight is 430 g/mol. The Morgan fingerprint density at radius 1 is 1.09 bits per heavy atom. The van der Waals surface area contributed by atoms with E-state index in [1.54, 1.807) is 12.3 Å². The zero-order valence-electron chi connectivity index (χ0n) is 17.8. The van der Waals surface area contributed by atoms with Gasteiger partial charge in [-0.15, -0.1) is 0 Å². The molecule has 0 spiro atoms. The number of fused-ring (bicyclic) bond motifs is 1. The molecule has 4 aromatic rings. The van der Waals surface area contributed by atoms with Gasteiger partial charge in [0.15, 0.2) is 0 Å². The summed E-state index contributed by atoms with van der Waals surface area (Å²) >= 11 is 0. The van der Waals surface area contributed by atoms with Crippen molar-refractivity contribution in [3.05, 3.63) is 89.4 Å². The number of methoxy groups -OCH3 is 1. The molecule has 0 bridgehead atoms. The average Bonchev–Trinajstić information content (AvgIpc) is 3.19. The fourth-order valence-corrected chi connectivity index (χ4v) is 4.17. The van der Waals surface area contributed by atoms with Crippen molar-refractivity contribution in [3.8, 4) is 11.3 Å². The van der Waals surface area contributed by atoms with Crippen molar-refractivity contribution >= 4 is 17.1 Å². The van der Waals surface area contributed by atoms with E-state index in [-0.39, 0.29) is 17.7 Å². The molecule has 1 fully saturated rings. The summed E-state index contributed by atoms with van der Waals surface area (Å²) in [5.74, 6) is -0.147. The molecule has 2 aromatic heterocycles. The van der Waals surface area contributed by atoms with Crippen LogP contribution in [0.4, 0.5) is 4.39 Å². The molecule has 5 rings (SSSR count). The van der Waals surface area contributed by atoms with Gasteiger partial charge in [0, 0.05) is 31.2 Å². The quantitative estimate of drug-likeness (QED) is 0.410. The first kappa shape index (κ1) is 20.4. The maximum absolute atomic E-state index is 14.9. The van der Waals surface area contributed by atoms with Crippen LogP contribution in [0.3, 0.4) is 0 Å². The number of carbonyl (C=O) groups excluding carboxylic acids is 1. The van der Waals surface area contributed by atoms with Crippen LogP contribution in [0.5, 0.6) is 0 Å². The number of hydrogen-bond acceptors (Lipinski definition) is 5. The number of pyridine rings is 1. The summed E-state index contributed by atoms with van der Waals surface area (Å²) in [6.07, 6.45) is 2.58. The molecule has 0 N–H and O–H groups in total. The van der Waals surface area contributed by atoms with Gasteiger partial charge in [0.1, 0.15) is 11.6 Å². The van der Waals surface area contributed by atoms with E-state index in [1.165, 1.54) is 18.7 Å². The third kappa shape index (κ3) is 4.14. The minimum absolute atomic E-state index is 0.0843. The molecule has 0 amide bonds. The molecule has 0 unspecified atom stereocenters. The van der Waals surface area contributed by atoms with Gasteiger partial charge in [0.25, 0.3) is 0 Å². The number of ether oxygens (including phenoxy) is 1. The lowest BCUT2D eigenvalue weighted by Crippen LogP contribution is -2.49. The Morgan fingerprint density at radius 3 is 2.66 bits per heavy atom. The van der Waals surface area contributed by atoms with E-state index in [0.29, 0.717) is 36.7 Å². The van der Waals surface area contributed by atoms with Crippen LogP contribution in [0.2, 0.25) is 0 Å². The van der Waals surface area contributed by atoms with Gasteiger partial charge in [0.2, 0.25) is 5.71 Å². The highest BCUT2D eigenvalue weighted by Crippen LogP contribution is 2.30. The van der Waals surface area contributed by atoms with E-state index < -0.39 is 0 Å². The van der Waals surface area contributed by atoms with Gasteiger partial charge >= 0.3 is 5.97 Å². The third-order valence-electron chi connectivity index (χ3n) is 5.88. The maximum atomic E-state index is 14.9. The summed E-state index contributed by atoms with van der Waals surface area (Å²) < 4.78 is 25.5. The topological polar surface area (TPSA) is 55.6 Å². The molecule has 1 saturated heterocycles. The van der Waals surface area contributed by atoms with Crippen LogP contribution in [-0.2, 0) is 22.5 Å². The Balaban J connectivity index is 1.31. The van der Waals surface area contributed by atoms with E-state index >= 15 is 0 Å². The summed E-state index contributed by atoms with van der Waals surface area (Å²) in [6, 6.07) is 19.2. The number of esters is 1. The number of rotatable bonds is 6. The zero-order chi connectivity index (χ0) is 22.1. The lowest BCUT2D eigenvalue weighted by molar-refractivity contribution is -0.151. The van der Waals surface area contributed by atoms with E-state index in [1.807, 2.05) is 36.4 Å². The lowest BCUT2D eigenvalue weighted by atomic mass is 9.99. The number of hydrogen-bond donors (Lipinski definition) is 0. The second-order valence-electron chi connectivity index (χ2n) is 8.24. The van der Waals surface area contributed by atoms with Crippen LogP contribution < -0.4 is 0 Å². The fraction of sp³-hybridized carbons (Fsp3) is 0.231. The van der Waals surface area contributed by atoms with Crippen molar-refractivity contribution < 1.29 is 18.3 Å². The van der Waals surface area contributed by atoms with Crippen LogP contribution in [0, 0.1) is 11.7 Å². The van der Waals surface area contributed by atoms with Gasteiger partial charge in [-0.2, -0.15) is 0 Å². The number of benzene rings is 2. The molecule has 32 heavy (non-hydrogen) atoms. The second kappa shape index (κ2) is 8.55. The largest absolute Gasteiger partial charge is 0.469 e.